The highest BCUT2D eigenvalue weighted by Gasteiger charge is 2.10. The second kappa shape index (κ2) is 3.93. The first-order valence-corrected chi connectivity index (χ1v) is 7.07. The average Bonchev–Trinajstić information content (AvgIpc) is 2.97. The van der Waals surface area contributed by atoms with Gasteiger partial charge in [0.2, 0.25) is 0 Å². The van der Waals surface area contributed by atoms with E-state index in [0.29, 0.717) is 0 Å². The predicted molar refractivity (Wildman–Crippen MR) is 80.7 cm³/mol. The lowest BCUT2D eigenvalue weighted by atomic mass is 10.2. The van der Waals surface area contributed by atoms with E-state index >= 15 is 0 Å². The summed E-state index contributed by atoms with van der Waals surface area (Å²) in [5.41, 5.74) is 4.77. The van der Waals surface area contributed by atoms with Crippen molar-refractivity contribution in [2.45, 2.75) is 6.92 Å². The molecular formula is C16H12N2S. The van der Waals surface area contributed by atoms with E-state index in [1.807, 2.05) is 18.2 Å². The summed E-state index contributed by atoms with van der Waals surface area (Å²) >= 11 is 1.74. The van der Waals surface area contributed by atoms with Crippen LogP contribution in [0.15, 0.2) is 54.7 Å². The molecule has 0 aliphatic rings. The summed E-state index contributed by atoms with van der Waals surface area (Å²) in [6.07, 6.45) is 2.14. The first-order valence-electron chi connectivity index (χ1n) is 6.25. The van der Waals surface area contributed by atoms with Crippen LogP contribution in [0.25, 0.3) is 26.4 Å². The molecule has 2 nitrogen and oxygen atoms in total. The Labute approximate surface area is 115 Å². The van der Waals surface area contributed by atoms with Crippen LogP contribution in [0.5, 0.6) is 0 Å². The molecule has 0 spiro atoms. The van der Waals surface area contributed by atoms with Crippen molar-refractivity contribution in [3.8, 4) is 11.3 Å². The van der Waals surface area contributed by atoms with Gasteiger partial charge in [0.05, 0.1) is 15.9 Å². The molecule has 0 saturated carbocycles. The van der Waals surface area contributed by atoms with Crippen molar-refractivity contribution in [2.24, 2.45) is 0 Å². The molecule has 19 heavy (non-hydrogen) atoms. The van der Waals surface area contributed by atoms with E-state index < -0.39 is 0 Å². The summed E-state index contributed by atoms with van der Waals surface area (Å²) in [6, 6.07) is 16.7. The lowest BCUT2D eigenvalue weighted by Gasteiger charge is -1.96. The van der Waals surface area contributed by atoms with Gasteiger partial charge in [0.1, 0.15) is 0 Å². The topological polar surface area (TPSA) is 17.3 Å². The zero-order chi connectivity index (χ0) is 12.8. The normalized spacial score (nSPS) is 11.4. The van der Waals surface area contributed by atoms with Crippen LogP contribution in [0, 0.1) is 6.92 Å². The van der Waals surface area contributed by atoms with Gasteiger partial charge in [0, 0.05) is 11.8 Å². The van der Waals surface area contributed by atoms with Gasteiger partial charge in [-0.15, -0.1) is 0 Å². The van der Waals surface area contributed by atoms with Gasteiger partial charge < -0.3 is 0 Å². The van der Waals surface area contributed by atoms with Gasteiger partial charge in [-0.05, 0) is 18.6 Å². The SMILES string of the molecule is Cc1cccc2sc3nc(-c4ccccc4)cn3c12. The lowest BCUT2D eigenvalue weighted by molar-refractivity contribution is 1.27. The molecule has 4 rings (SSSR count). The zero-order valence-electron chi connectivity index (χ0n) is 10.5. The highest BCUT2D eigenvalue weighted by atomic mass is 32.1. The highest BCUT2D eigenvalue weighted by Crippen LogP contribution is 2.30. The molecule has 4 aromatic rings. The number of para-hydroxylation sites is 1. The lowest BCUT2D eigenvalue weighted by Crippen LogP contribution is -1.81. The predicted octanol–water partition coefficient (Wildman–Crippen LogP) is 4.52. The number of aromatic nitrogens is 2. The van der Waals surface area contributed by atoms with Crippen molar-refractivity contribution < 1.29 is 0 Å². The highest BCUT2D eigenvalue weighted by molar-refractivity contribution is 7.23. The molecule has 0 unspecified atom stereocenters. The van der Waals surface area contributed by atoms with Crippen molar-refractivity contribution in [1.29, 1.82) is 0 Å². The molecule has 0 aliphatic heterocycles. The van der Waals surface area contributed by atoms with Crippen LogP contribution in [-0.4, -0.2) is 9.38 Å². The van der Waals surface area contributed by atoms with Crippen LogP contribution in [0.2, 0.25) is 0 Å². The van der Waals surface area contributed by atoms with Gasteiger partial charge in [-0.1, -0.05) is 53.8 Å². The maximum atomic E-state index is 4.74. The third-order valence-electron chi connectivity index (χ3n) is 3.39. The van der Waals surface area contributed by atoms with Crippen LogP contribution < -0.4 is 0 Å². The quantitative estimate of drug-likeness (QED) is 0.494. The minimum atomic E-state index is 1.04. The van der Waals surface area contributed by atoms with Gasteiger partial charge in [0.15, 0.2) is 4.96 Å². The van der Waals surface area contributed by atoms with Crippen molar-refractivity contribution >= 4 is 26.5 Å². The van der Waals surface area contributed by atoms with E-state index in [4.69, 9.17) is 4.98 Å². The summed E-state index contributed by atoms with van der Waals surface area (Å²) in [4.78, 5) is 5.80. The standard InChI is InChI=1S/C16H12N2S/c1-11-6-5-9-14-15(11)18-10-13(17-16(18)19-14)12-7-3-2-4-8-12/h2-10H,1H3. The number of imidazole rings is 1. The second-order valence-electron chi connectivity index (χ2n) is 4.67. The number of fused-ring (bicyclic) bond motifs is 3. The molecular weight excluding hydrogens is 252 g/mol. The fraction of sp³-hybridized carbons (Fsp3) is 0.0625. The monoisotopic (exact) mass is 264 g/mol. The van der Waals surface area contributed by atoms with Crippen molar-refractivity contribution in [3.05, 3.63) is 60.3 Å². The summed E-state index contributed by atoms with van der Waals surface area (Å²) in [7, 11) is 0. The molecule has 0 amide bonds. The average molecular weight is 264 g/mol. The minimum absolute atomic E-state index is 1.04. The van der Waals surface area contributed by atoms with Crippen LogP contribution in [-0.2, 0) is 0 Å². The summed E-state index contributed by atoms with van der Waals surface area (Å²) in [6.45, 7) is 2.15. The third kappa shape index (κ3) is 1.59. The first-order chi connectivity index (χ1) is 9.33. The maximum absolute atomic E-state index is 4.74. The van der Waals surface area contributed by atoms with Gasteiger partial charge >= 0.3 is 0 Å². The van der Waals surface area contributed by atoms with E-state index in [1.165, 1.54) is 21.3 Å². The Morgan fingerprint density at radius 3 is 2.68 bits per heavy atom. The van der Waals surface area contributed by atoms with Gasteiger partial charge in [-0.3, -0.25) is 4.40 Å². The number of aryl methyl sites for hydroxylation is 1. The smallest absolute Gasteiger partial charge is 0.195 e. The van der Waals surface area contributed by atoms with E-state index in [-0.39, 0.29) is 0 Å². The Hall–Kier alpha value is -2.13. The molecule has 2 aromatic heterocycles. The molecule has 2 heterocycles. The maximum Gasteiger partial charge on any atom is 0.195 e. The van der Waals surface area contributed by atoms with Crippen molar-refractivity contribution in [1.82, 2.24) is 9.38 Å². The zero-order valence-corrected chi connectivity index (χ0v) is 11.3. The van der Waals surface area contributed by atoms with E-state index in [9.17, 15) is 0 Å². The van der Waals surface area contributed by atoms with Gasteiger partial charge in [-0.2, -0.15) is 0 Å². The fourth-order valence-electron chi connectivity index (χ4n) is 2.46. The third-order valence-corrected chi connectivity index (χ3v) is 4.41. The number of hydrogen-bond acceptors (Lipinski definition) is 2. The molecule has 0 saturated heterocycles. The van der Waals surface area contributed by atoms with Crippen LogP contribution in [0.3, 0.4) is 0 Å². The number of nitrogens with zero attached hydrogens (tertiary/aromatic N) is 2. The Balaban J connectivity index is 2.03. The molecule has 0 aliphatic carbocycles. The largest absolute Gasteiger partial charge is 0.289 e. The van der Waals surface area contributed by atoms with Crippen molar-refractivity contribution in [2.75, 3.05) is 0 Å². The molecule has 0 fully saturated rings. The van der Waals surface area contributed by atoms with Crippen LogP contribution >= 0.6 is 11.3 Å². The van der Waals surface area contributed by atoms with Crippen molar-refractivity contribution in [3.63, 3.8) is 0 Å². The van der Waals surface area contributed by atoms with E-state index in [1.54, 1.807) is 11.3 Å². The molecule has 92 valence electrons. The Morgan fingerprint density at radius 1 is 1.00 bits per heavy atom. The summed E-state index contributed by atoms with van der Waals surface area (Å²) < 4.78 is 3.50. The molecule has 0 radical (unpaired) electrons. The molecule has 0 bridgehead atoms. The molecule has 3 heteroatoms. The number of hydrogen-bond donors (Lipinski definition) is 0. The Kier molecular flexibility index (Phi) is 2.23. The fourth-order valence-corrected chi connectivity index (χ4v) is 3.55. The number of benzene rings is 2. The Morgan fingerprint density at radius 2 is 1.84 bits per heavy atom. The number of thiazole rings is 1. The second-order valence-corrected chi connectivity index (χ2v) is 5.68. The minimum Gasteiger partial charge on any atom is -0.289 e. The van der Waals surface area contributed by atoms with E-state index in [0.717, 1.165) is 10.7 Å². The Bertz CT molecular complexity index is 872. The summed E-state index contributed by atoms with van der Waals surface area (Å²) in [5.74, 6) is 0. The molecule has 0 N–H and O–H groups in total. The van der Waals surface area contributed by atoms with E-state index in [2.05, 4.69) is 47.9 Å². The van der Waals surface area contributed by atoms with Gasteiger partial charge in [-0.25, -0.2) is 4.98 Å². The first kappa shape index (κ1) is 10.8. The summed E-state index contributed by atoms with van der Waals surface area (Å²) in [5, 5.41) is 0. The molecule has 0 atom stereocenters. The van der Waals surface area contributed by atoms with Gasteiger partial charge in [0.25, 0.3) is 0 Å². The van der Waals surface area contributed by atoms with Crippen LogP contribution in [0.4, 0.5) is 0 Å². The molecule has 2 aromatic carbocycles. The van der Waals surface area contributed by atoms with Crippen LogP contribution in [0.1, 0.15) is 5.56 Å². The number of rotatable bonds is 1.